The van der Waals surface area contributed by atoms with Crippen LogP contribution in [0.4, 0.5) is 0 Å². The maximum Gasteiger partial charge on any atom is 1.00 e. The zero-order valence-corrected chi connectivity index (χ0v) is 8.09. The fraction of sp³-hybridized carbons (Fsp3) is 1.00. The molecule has 42 valence electrons. The third-order valence-electron chi connectivity index (χ3n) is 0. The first kappa shape index (κ1) is 23.6. The van der Waals surface area contributed by atoms with Gasteiger partial charge in [-0.25, -0.2) is 0 Å². The van der Waals surface area contributed by atoms with Crippen LogP contribution >= 0.6 is 0 Å². The molecule has 0 bridgehead atoms. The van der Waals surface area contributed by atoms with E-state index >= 15 is 0 Å². The summed E-state index contributed by atoms with van der Waals surface area (Å²) in [5, 5.41) is 8.06. The van der Waals surface area contributed by atoms with Crippen LogP contribution in [0.3, 0.4) is 0 Å². The van der Waals surface area contributed by atoms with E-state index in [0.29, 0.717) is 0 Å². The smallest absolute Gasteiger partial charge is 0.870 e. The van der Waals surface area contributed by atoms with E-state index in [1.807, 2.05) is 0 Å². The van der Waals surface area contributed by atoms with E-state index < -0.39 is 0 Å². The molecule has 0 aromatic rings. The minimum Gasteiger partial charge on any atom is -0.870 e. The Morgan fingerprint density at radius 2 is 1.29 bits per heavy atom. The van der Waals surface area contributed by atoms with Gasteiger partial charge in [-0.1, -0.05) is 0 Å². The van der Waals surface area contributed by atoms with Crippen molar-refractivity contribution >= 4 is 0 Å². The van der Waals surface area contributed by atoms with Crippen LogP contribution < -0.4 is 51.4 Å². The van der Waals surface area contributed by atoms with Crippen LogP contribution in [0.5, 0.6) is 0 Å². The minimum atomic E-state index is -0.167. The molecule has 0 aliphatic rings. The second-order valence-electron chi connectivity index (χ2n) is 1.09. The van der Waals surface area contributed by atoms with Crippen LogP contribution in [0.15, 0.2) is 0 Å². The third-order valence-corrected chi connectivity index (χ3v) is 0. The van der Waals surface area contributed by atoms with Gasteiger partial charge in [0, 0.05) is 6.10 Å². The van der Waals surface area contributed by atoms with Gasteiger partial charge in [-0.05, 0) is 13.8 Å². The van der Waals surface area contributed by atoms with Crippen molar-refractivity contribution in [1.82, 2.24) is 0 Å². The van der Waals surface area contributed by atoms with Crippen molar-refractivity contribution in [3.05, 3.63) is 0 Å². The maximum atomic E-state index is 8.06. The Labute approximate surface area is 86.1 Å². The quantitative estimate of drug-likeness (QED) is 0.347. The molecule has 0 spiro atoms. The van der Waals surface area contributed by atoms with Crippen LogP contribution in [0, 0.1) is 0 Å². The van der Waals surface area contributed by atoms with E-state index in [1.165, 1.54) is 0 Å². The predicted molar refractivity (Wildman–Crippen MR) is 22.9 cm³/mol. The van der Waals surface area contributed by atoms with E-state index in [-0.39, 0.29) is 68.4 Å². The minimum absolute atomic E-state index is 0. The zero-order valence-electron chi connectivity index (χ0n) is 4.97. The first-order valence-corrected chi connectivity index (χ1v) is 1.41. The molecule has 4 heteroatoms. The third kappa shape index (κ3) is 99.5. The Hall–Kier alpha value is 1.52. The van der Waals surface area contributed by atoms with Crippen LogP contribution in [-0.2, 0) is 0 Å². The van der Waals surface area contributed by atoms with Crippen molar-refractivity contribution in [3.63, 3.8) is 0 Å². The summed E-state index contributed by atoms with van der Waals surface area (Å²) in [6, 6.07) is 0. The Morgan fingerprint density at radius 1 is 1.29 bits per heavy atom. The summed E-state index contributed by atoms with van der Waals surface area (Å²) in [5.74, 6) is 0. The van der Waals surface area contributed by atoms with Gasteiger partial charge in [0.25, 0.3) is 0 Å². The van der Waals surface area contributed by atoms with Gasteiger partial charge in [-0.2, -0.15) is 0 Å². The molecule has 0 saturated carbocycles. The molecule has 0 rings (SSSR count). The number of aliphatic hydroxyl groups excluding tert-OH is 1. The van der Waals surface area contributed by atoms with Crippen molar-refractivity contribution in [3.8, 4) is 0 Å². The Kier molecular flexibility index (Phi) is 52.7. The summed E-state index contributed by atoms with van der Waals surface area (Å²) in [5.41, 5.74) is 0. The summed E-state index contributed by atoms with van der Waals surface area (Å²) < 4.78 is 0. The summed E-state index contributed by atoms with van der Waals surface area (Å²) in [4.78, 5) is 0. The van der Waals surface area contributed by atoms with Crippen molar-refractivity contribution in [2.24, 2.45) is 0 Å². The zero-order chi connectivity index (χ0) is 3.58. The topological polar surface area (TPSA) is 81.7 Å². The molecule has 7 heavy (non-hydrogen) atoms. The van der Waals surface area contributed by atoms with Gasteiger partial charge >= 0.3 is 51.4 Å². The van der Waals surface area contributed by atoms with Gasteiger partial charge in [0.05, 0.1) is 0 Å². The van der Waals surface area contributed by atoms with Crippen LogP contribution in [0.2, 0.25) is 0 Å². The molecule has 0 radical (unpaired) electrons. The van der Waals surface area contributed by atoms with Crippen molar-refractivity contribution in [2.45, 2.75) is 20.0 Å². The molecule has 0 aliphatic heterocycles. The molecule has 0 amide bonds. The van der Waals surface area contributed by atoms with Crippen LogP contribution in [0.25, 0.3) is 0 Å². The van der Waals surface area contributed by atoms with E-state index in [9.17, 15) is 0 Å². The van der Waals surface area contributed by atoms with Crippen molar-refractivity contribution < 1.29 is 67.4 Å². The largest absolute Gasteiger partial charge is 1.00 e. The van der Waals surface area contributed by atoms with Crippen molar-refractivity contribution in [1.29, 1.82) is 0 Å². The van der Waals surface area contributed by atoms with Gasteiger partial charge in [-0.15, -0.1) is 0 Å². The van der Waals surface area contributed by atoms with E-state index in [0.717, 1.165) is 0 Å². The summed E-state index contributed by atoms with van der Waals surface area (Å²) in [6.07, 6.45) is -0.167. The molecule has 0 fully saturated rings. The molecule has 3 nitrogen and oxygen atoms in total. The molecular weight excluding hydrogens is 123 g/mol. The molecule has 0 saturated heterocycles. The number of aliphatic hydroxyl groups is 1. The first-order chi connectivity index (χ1) is 1.73. The Bertz CT molecular complexity index is 14.9. The van der Waals surface area contributed by atoms with E-state index in [2.05, 4.69) is 0 Å². The van der Waals surface area contributed by atoms with Crippen LogP contribution in [0.1, 0.15) is 13.8 Å². The summed E-state index contributed by atoms with van der Waals surface area (Å²) in [6.45, 7) is 3.44. The van der Waals surface area contributed by atoms with Gasteiger partial charge < -0.3 is 16.1 Å². The van der Waals surface area contributed by atoms with E-state index in [4.69, 9.17) is 5.11 Å². The normalized spacial score (nSPS) is 5.14. The Morgan fingerprint density at radius 3 is 1.29 bits per heavy atom. The molecule has 0 heterocycles. The molecule has 0 atom stereocenters. The SMILES string of the molecule is CC(C)O.O.[K+].[OH-]. The fourth-order valence-corrected chi connectivity index (χ4v) is 0. The van der Waals surface area contributed by atoms with Gasteiger partial charge in [0.2, 0.25) is 0 Å². The van der Waals surface area contributed by atoms with Crippen molar-refractivity contribution in [2.75, 3.05) is 0 Å². The second-order valence-corrected chi connectivity index (χ2v) is 1.09. The number of rotatable bonds is 0. The monoisotopic (exact) mass is 134 g/mol. The Balaban J connectivity index is -0.0000000150. The average Bonchev–Trinajstić information content (AvgIpc) is 0.811. The maximum absolute atomic E-state index is 8.06. The first-order valence-electron chi connectivity index (χ1n) is 1.41. The average molecular weight is 134 g/mol. The number of hydrogen-bond donors (Lipinski definition) is 1. The summed E-state index contributed by atoms with van der Waals surface area (Å²) >= 11 is 0. The second kappa shape index (κ2) is 15.6. The number of hydrogen-bond acceptors (Lipinski definition) is 2. The fourth-order valence-electron chi connectivity index (χ4n) is 0. The molecule has 0 unspecified atom stereocenters. The summed E-state index contributed by atoms with van der Waals surface area (Å²) in [7, 11) is 0. The van der Waals surface area contributed by atoms with Gasteiger partial charge in [0.1, 0.15) is 0 Å². The van der Waals surface area contributed by atoms with E-state index in [1.54, 1.807) is 13.8 Å². The predicted octanol–water partition coefficient (Wildman–Crippen LogP) is -3.61. The molecular formula is C3H11KO3. The standard InChI is InChI=1S/C3H8O.K.2H2O/c1-3(2)4;;;/h3-4H,1-2H3;;2*1H2/q;+1;;/p-1. The van der Waals surface area contributed by atoms with Gasteiger partial charge in [0.15, 0.2) is 0 Å². The van der Waals surface area contributed by atoms with Crippen LogP contribution in [-0.4, -0.2) is 22.2 Å². The molecule has 0 aliphatic carbocycles. The van der Waals surface area contributed by atoms with Gasteiger partial charge in [-0.3, -0.25) is 0 Å². The molecule has 4 N–H and O–H groups in total. The molecule has 0 aromatic heterocycles. The molecule has 0 aromatic carbocycles.